The Morgan fingerprint density at radius 3 is 3.04 bits per heavy atom. The molecule has 6 heteroatoms. The van der Waals surface area contributed by atoms with Crippen molar-refractivity contribution in [3.05, 3.63) is 27.1 Å². The minimum Gasteiger partial charge on any atom is -0.355 e. The molecule has 0 atom stereocenters. The quantitative estimate of drug-likeness (QED) is 0.792. The topological polar surface area (TPSA) is 64.0 Å². The summed E-state index contributed by atoms with van der Waals surface area (Å²) in [5.41, 5.74) is 1.09. The monoisotopic (exact) mass is 333 g/mol. The summed E-state index contributed by atoms with van der Waals surface area (Å²) in [6, 6.07) is 0. The number of aryl methyl sites for hydroxylation is 2. The maximum Gasteiger partial charge on any atom is 0.262 e. The molecule has 124 valence electrons. The average molecular weight is 333 g/mol. The molecule has 2 aromatic heterocycles. The molecule has 0 aliphatic heterocycles. The van der Waals surface area contributed by atoms with Crippen molar-refractivity contribution in [3.8, 4) is 0 Å². The van der Waals surface area contributed by atoms with E-state index in [0.717, 1.165) is 47.9 Å². The molecule has 0 radical (unpaired) electrons. The van der Waals surface area contributed by atoms with E-state index in [4.69, 9.17) is 0 Å². The summed E-state index contributed by atoms with van der Waals surface area (Å²) in [5.74, 6) is -0.114. The van der Waals surface area contributed by atoms with Gasteiger partial charge < -0.3 is 5.32 Å². The second-order valence-electron chi connectivity index (χ2n) is 6.13. The van der Waals surface area contributed by atoms with Crippen molar-refractivity contribution in [2.45, 2.75) is 58.4 Å². The van der Waals surface area contributed by atoms with Crippen molar-refractivity contribution in [1.29, 1.82) is 0 Å². The van der Waals surface area contributed by atoms with Gasteiger partial charge in [0.1, 0.15) is 11.4 Å². The smallest absolute Gasteiger partial charge is 0.262 e. The molecular weight excluding hydrogens is 310 g/mol. The molecular formula is C17H23N3O2S. The molecule has 0 saturated heterocycles. The van der Waals surface area contributed by atoms with Crippen LogP contribution < -0.4 is 10.9 Å². The molecule has 0 fully saturated rings. The number of carbonyl (C=O) groups is 1. The van der Waals surface area contributed by atoms with E-state index >= 15 is 0 Å². The van der Waals surface area contributed by atoms with Gasteiger partial charge in [0.25, 0.3) is 5.56 Å². The third-order valence-corrected chi connectivity index (χ3v) is 5.56. The normalized spacial score (nSPS) is 13.4. The Balaban J connectivity index is 1.67. The van der Waals surface area contributed by atoms with Crippen molar-refractivity contribution >= 4 is 27.5 Å². The van der Waals surface area contributed by atoms with E-state index in [1.54, 1.807) is 11.3 Å². The molecule has 2 heterocycles. The van der Waals surface area contributed by atoms with Crippen LogP contribution in [-0.4, -0.2) is 22.0 Å². The third-order valence-electron chi connectivity index (χ3n) is 4.36. The summed E-state index contributed by atoms with van der Waals surface area (Å²) >= 11 is 1.62. The second-order valence-corrected chi connectivity index (χ2v) is 7.21. The van der Waals surface area contributed by atoms with E-state index in [-0.39, 0.29) is 18.0 Å². The zero-order valence-corrected chi connectivity index (χ0v) is 14.4. The molecule has 0 spiro atoms. The summed E-state index contributed by atoms with van der Waals surface area (Å²) in [5, 5.41) is 3.62. The first-order valence-corrected chi connectivity index (χ1v) is 9.28. The lowest BCUT2D eigenvalue weighted by atomic mass is 10.2. The Kier molecular flexibility index (Phi) is 5.10. The number of hydrogen-bond acceptors (Lipinski definition) is 4. The number of nitrogens with one attached hydrogen (secondary N) is 1. The summed E-state index contributed by atoms with van der Waals surface area (Å²) in [6.07, 6.45) is 9.12. The lowest BCUT2D eigenvalue weighted by Gasteiger charge is -2.07. The van der Waals surface area contributed by atoms with Crippen molar-refractivity contribution in [3.63, 3.8) is 0 Å². The Hall–Kier alpha value is -1.69. The van der Waals surface area contributed by atoms with Crippen LogP contribution in [-0.2, 0) is 24.2 Å². The molecule has 0 unspecified atom stereocenters. The number of amides is 1. The molecule has 2 aromatic rings. The maximum atomic E-state index is 12.6. The Labute approximate surface area is 139 Å². The Bertz CT molecular complexity index is 763. The largest absolute Gasteiger partial charge is 0.355 e. The van der Waals surface area contributed by atoms with Crippen LogP contribution >= 0.6 is 11.3 Å². The Morgan fingerprint density at radius 2 is 2.22 bits per heavy atom. The van der Waals surface area contributed by atoms with Crippen LogP contribution in [0.15, 0.2) is 11.1 Å². The van der Waals surface area contributed by atoms with Crippen molar-refractivity contribution in [2.24, 2.45) is 0 Å². The number of nitrogens with zero attached hydrogens (tertiary/aromatic N) is 2. The summed E-state index contributed by atoms with van der Waals surface area (Å²) in [7, 11) is 0. The first-order valence-electron chi connectivity index (χ1n) is 8.47. The van der Waals surface area contributed by atoms with Gasteiger partial charge in [-0.05, 0) is 31.2 Å². The molecule has 1 N–H and O–H groups in total. The lowest BCUT2D eigenvalue weighted by Crippen LogP contribution is -2.33. The van der Waals surface area contributed by atoms with Gasteiger partial charge >= 0.3 is 0 Å². The van der Waals surface area contributed by atoms with Crippen LogP contribution in [0.25, 0.3) is 10.2 Å². The van der Waals surface area contributed by atoms with Crippen molar-refractivity contribution < 1.29 is 4.79 Å². The van der Waals surface area contributed by atoms with Crippen LogP contribution in [0, 0.1) is 0 Å². The van der Waals surface area contributed by atoms with Gasteiger partial charge in [-0.3, -0.25) is 14.2 Å². The van der Waals surface area contributed by atoms with E-state index in [1.807, 2.05) is 0 Å². The molecule has 0 bridgehead atoms. The first kappa shape index (κ1) is 16.2. The number of unbranched alkanes of at least 4 members (excludes halogenated alkanes) is 3. The number of rotatable bonds is 7. The van der Waals surface area contributed by atoms with Crippen LogP contribution in [0.4, 0.5) is 0 Å². The van der Waals surface area contributed by atoms with Gasteiger partial charge in [0.2, 0.25) is 5.91 Å². The highest BCUT2D eigenvalue weighted by Gasteiger charge is 2.21. The molecule has 3 rings (SSSR count). The number of carbonyl (C=O) groups excluding carboxylic acids is 1. The lowest BCUT2D eigenvalue weighted by molar-refractivity contribution is -0.121. The predicted molar refractivity (Wildman–Crippen MR) is 93.1 cm³/mol. The van der Waals surface area contributed by atoms with E-state index in [1.165, 1.54) is 28.6 Å². The van der Waals surface area contributed by atoms with Gasteiger partial charge in [0.15, 0.2) is 0 Å². The van der Waals surface area contributed by atoms with Gasteiger partial charge in [-0.1, -0.05) is 26.2 Å². The summed E-state index contributed by atoms with van der Waals surface area (Å²) < 4.78 is 1.44. The van der Waals surface area contributed by atoms with Crippen LogP contribution in [0.5, 0.6) is 0 Å². The number of aromatic nitrogens is 2. The number of thiophene rings is 1. The minimum absolute atomic E-state index is 0.0557. The standard InChI is InChI=1S/C17H23N3O2S/c1-2-3-4-5-9-18-14(21)10-20-11-19-16-15(17(20)22)12-7-6-8-13(12)23-16/h11H,2-10H2,1H3,(H,18,21). The SMILES string of the molecule is CCCCCCNC(=O)Cn1cnc2sc3c(c2c1=O)CCC3. The molecule has 0 saturated carbocycles. The van der Waals surface area contributed by atoms with Gasteiger partial charge in [-0.25, -0.2) is 4.98 Å². The van der Waals surface area contributed by atoms with Gasteiger partial charge in [0.05, 0.1) is 11.7 Å². The third kappa shape index (κ3) is 3.47. The van der Waals surface area contributed by atoms with Crippen molar-refractivity contribution in [1.82, 2.24) is 14.9 Å². The first-order chi connectivity index (χ1) is 11.2. The van der Waals surface area contributed by atoms with Crippen LogP contribution in [0.3, 0.4) is 0 Å². The maximum absolute atomic E-state index is 12.6. The molecule has 23 heavy (non-hydrogen) atoms. The zero-order chi connectivity index (χ0) is 16.2. The minimum atomic E-state index is -0.114. The van der Waals surface area contributed by atoms with Crippen molar-refractivity contribution in [2.75, 3.05) is 6.54 Å². The molecule has 5 nitrogen and oxygen atoms in total. The van der Waals surface area contributed by atoms with Crippen LogP contribution in [0.2, 0.25) is 0 Å². The van der Waals surface area contributed by atoms with E-state index < -0.39 is 0 Å². The van der Waals surface area contributed by atoms with E-state index in [0.29, 0.717) is 6.54 Å². The fraction of sp³-hybridized carbons (Fsp3) is 0.588. The average Bonchev–Trinajstić information content (AvgIpc) is 3.10. The molecule has 1 aliphatic rings. The van der Waals surface area contributed by atoms with Gasteiger partial charge in [-0.2, -0.15) is 0 Å². The molecule has 1 aliphatic carbocycles. The van der Waals surface area contributed by atoms with E-state index in [2.05, 4.69) is 17.2 Å². The van der Waals surface area contributed by atoms with E-state index in [9.17, 15) is 9.59 Å². The zero-order valence-electron chi connectivity index (χ0n) is 13.6. The predicted octanol–water partition coefficient (Wildman–Crippen LogP) is 2.64. The fourth-order valence-corrected chi connectivity index (χ4v) is 4.34. The summed E-state index contributed by atoms with van der Waals surface area (Å²) in [4.78, 5) is 31.1. The van der Waals surface area contributed by atoms with Crippen LogP contribution in [0.1, 0.15) is 49.5 Å². The molecule has 0 aromatic carbocycles. The number of fused-ring (bicyclic) bond motifs is 3. The fourth-order valence-electron chi connectivity index (χ4n) is 3.12. The highest BCUT2D eigenvalue weighted by molar-refractivity contribution is 7.18. The van der Waals surface area contributed by atoms with Gasteiger partial charge in [0, 0.05) is 11.4 Å². The van der Waals surface area contributed by atoms with Gasteiger partial charge in [-0.15, -0.1) is 11.3 Å². The highest BCUT2D eigenvalue weighted by Crippen LogP contribution is 2.34. The number of hydrogen-bond donors (Lipinski definition) is 1. The Morgan fingerprint density at radius 1 is 1.35 bits per heavy atom. The summed E-state index contributed by atoms with van der Waals surface area (Å²) in [6.45, 7) is 2.90. The second kappa shape index (κ2) is 7.25. The molecule has 1 amide bonds. The highest BCUT2D eigenvalue weighted by atomic mass is 32.1.